The summed E-state index contributed by atoms with van der Waals surface area (Å²) in [5, 5.41) is 14.9. The Morgan fingerprint density at radius 3 is 2.56 bits per heavy atom. The first kappa shape index (κ1) is 18.7. The third-order valence-corrected chi connectivity index (χ3v) is 5.18. The molecule has 0 aliphatic heterocycles. The Bertz CT molecular complexity index is 1190. The van der Waals surface area contributed by atoms with Gasteiger partial charge in [0.1, 0.15) is 22.2 Å². The molecule has 1 heterocycles. The van der Waals surface area contributed by atoms with Gasteiger partial charge in [-0.15, -0.1) is 0 Å². The van der Waals surface area contributed by atoms with Crippen molar-refractivity contribution in [2.24, 2.45) is 0 Å². The van der Waals surface area contributed by atoms with E-state index in [1.807, 2.05) is 0 Å². The Morgan fingerprint density at radius 1 is 1.22 bits per heavy atom. The Kier molecular flexibility index (Phi) is 4.31. The van der Waals surface area contributed by atoms with Crippen molar-refractivity contribution in [3.8, 4) is 17.6 Å². The number of benzene rings is 2. The van der Waals surface area contributed by atoms with Gasteiger partial charge in [0.15, 0.2) is 0 Å². The SMILES string of the molecule is Cc1n[nH]c2c(S(=O)(=O)C(F)(F)F)ccc(Oc3cc(F)cc(C#N)c3)c12. The number of fused-ring (bicyclic) bond motifs is 1. The van der Waals surface area contributed by atoms with Crippen molar-refractivity contribution in [3.63, 3.8) is 0 Å². The van der Waals surface area contributed by atoms with Crippen molar-refractivity contribution >= 4 is 20.7 Å². The lowest BCUT2D eigenvalue weighted by Gasteiger charge is -2.12. The fraction of sp³-hybridized carbons (Fsp3) is 0.125. The molecule has 0 spiro atoms. The summed E-state index contributed by atoms with van der Waals surface area (Å²) in [7, 11) is -5.63. The second-order valence-corrected chi connectivity index (χ2v) is 7.37. The van der Waals surface area contributed by atoms with Crippen LogP contribution in [0.1, 0.15) is 11.3 Å². The topological polar surface area (TPSA) is 95.8 Å². The third-order valence-electron chi connectivity index (χ3n) is 3.65. The average Bonchev–Trinajstić information content (AvgIpc) is 2.95. The Labute approximate surface area is 149 Å². The van der Waals surface area contributed by atoms with E-state index in [0.717, 1.165) is 24.3 Å². The molecule has 0 radical (unpaired) electrons. The van der Waals surface area contributed by atoms with E-state index in [9.17, 15) is 26.0 Å². The minimum atomic E-state index is -5.63. The molecule has 0 saturated heterocycles. The monoisotopic (exact) mass is 399 g/mol. The van der Waals surface area contributed by atoms with Crippen LogP contribution in [0.2, 0.25) is 0 Å². The van der Waals surface area contributed by atoms with E-state index < -0.39 is 26.1 Å². The summed E-state index contributed by atoms with van der Waals surface area (Å²) in [5.41, 5.74) is -5.73. The second kappa shape index (κ2) is 6.24. The smallest absolute Gasteiger partial charge is 0.456 e. The minimum absolute atomic E-state index is 0.0110. The number of H-pyrrole nitrogens is 1. The molecule has 0 aliphatic rings. The summed E-state index contributed by atoms with van der Waals surface area (Å²) in [6, 6.07) is 6.66. The molecule has 2 aromatic carbocycles. The number of halogens is 4. The standard InChI is InChI=1S/C16H9F4N3O3S/c1-8-14-12(26-11-5-9(7-21)4-10(17)6-11)2-3-13(15(14)23-22-8)27(24,25)16(18,19)20/h2-6H,1H3,(H,22,23). The number of alkyl halides is 3. The number of ether oxygens (including phenoxy) is 1. The molecular weight excluding hydrogens is 390 g/mol. The average molecular weight is 399 g/mol. The number of nitrogens with zero attached hydrogens (tertiary/aromatic N) is 2. The quantitative estimate of drug-likeness (QED) is 0.673. The number of aromatic amines is 1. The highest BCUT2D eigenvalue weighted by Gasteiger charge is 2.48. The molecule has 0 saturated carbocycles. The molecule has 0 fully saturated rings. The summed E-state index contributed by atoms with van der Waals surface area (Å²) >= 11 is 0. The maximum absolute atomic E-state index is 13.5. The van der Waals surface area contributed by atoms with E-state index in [1.54, 1.807) is 6.07 Å². The molecule has 140 valence electrons. The van der Waals surface area contributed by atoms with Gasteiger partial charge in [-0.25, -0.2) is 12.8 Å². The van der Waals surface area contributed by atoms with Gasteiger partial charge in [-0.05, 0) is 31.2 Å². The van der Waals surface area contributed by atoms with Crippen molar-refractivity contribution in [1.29, 1.82) is 5.26 Å². The molecular formula is C16H9F4N3O3S. The summed E-state index contributed by atoms with van der Waals surface area (Å²) < 4.78 is 81.3. The lowest BCUT2D eigenvalue weighted by atomic mass is 10.2. The van der Waals surface area contributed by atoms with E-state index >= 15 is 0 Å². The van der Waals surface area contributed by atoms with Gasteiger partial charge in [0, 0.05) is 6.07 Å². The fourth-order valence-corrected chi connectivity index (χ4v) is 3.39. The van der Waals surface area contributed by atoms with Crippen LogP contribution in [-0.2, 0) is 9.84 Å². The van der Waals surface area contributed by atoms with Gasteiger partial charge in [0.05, 0.1) is 28.2 Å². The van der Waals surface area contributed by atoms with Crippen LogP contribution < -0.4 is 4.74 Å². The molecule has 1 N–H and O–H groups in total. The number of rotatable bonds is 3. The summed E-state index contributed by atoms with van der Waals surface area (Å²) in [4.78, 5) is -1.00. The van der Waals surface area contributed by atoms with E-state index in [4.69, 9.17) is 10.00 Å². The number of hydrogen-bond donors (Lipinski definition) is 1. The predicted octanol–water partition coefficient (Wildman–Crippen LogP) is 3.97. The van der Waals surface area contributed by atoms with Crippen molar-refractivity contribution in [2.75, 3.05) is 0 Å². The number of sulfone groups is 1. The van der Waals surface area contributed by atoms with Crippen LogP contribution in [0.15, 0.2) is 35.2 Å². The highest BCUT2D eigenvalue weighted by atomic mass is 32.2. The highest BCUT2D eigenvalue weighted by molar-refractivity contribution is 7.92. The van der Waals surface area contributed by atoms with Gasteiger partial charge in [-0.2, -0.15) is 23.5 Å². The number of aryl methyl sites for hydroxylation is 1. The van der Waals surface area contributed by atoms with Crippen molar-refractivity contribution in [2.45, 2.75) is 17.3 Å². The molecule has 0 bridgehead atoms. The molecule has 0 amide bonds. The molecule has 3 aromatic rings. The molecule has 3 rings (SSSR count). The largest absolute Gasteiger partial charge is 0.501 e. The van der Waals surface area contributed by atoms with Gasteiger partial charge in [0.25, 0.3) is 9.84 Å². The Hall–Kier alpha value is -3.13. The first-order valence-corrected chi connectivity index (χ1v) is 8.70. The molecule has 0 aliphatic carbocycles. The summed E-state index contributed by atoms with van der Waals surface area (Å²) in [5.74, 6) is -0.882. The maximum atomic E-state index is 13.5. The fourth-order valence-electron chi connectivity index (χ4n) is 2.48. The van der Waals surface area contributed by atoms with E-state index in [0.29, 0.717) is 0 Å². The number of hydrogen-bond acceptors (Lipinski definition) is 5. The van der Waals surface area contributed by atoms with Crippen LogP contribution in [0.25, 0.3) is 10.9 Å². The zero-order valence-electron chi connectivity index (χ0n) is 13.4. The molecule has 0 unspecified atom stereocenters. The van der Waals surface area contributed by atoms with Crippen LogP contribution in [0, 0.1) is 24.1 Å². The maximum Gasteiger partial charge on any atom is 0.501 e. The van der Waals surface area contributed by atoms with Gasteiger partial charge < -0.3 is 4.74 Å². The summed E-state index contributed by atoms with van der Waals surface area (Å²) in [6.45, 7) is 1.43. The van der Waals surface area contributed by atoms with Crippen LogP contribution >= 0.6 is 0 Å². The third kappa shape index (κ3) is 3.19. The van der Waals surface area contributed by atoms with Gasteiger partial charge in [-0.3, -0.25) is 5.10 Å². The van der Waals surface area contributed by atoms with Crippen LogP contribution in [-0.4, -0.2) is 24.1 Å². The van der Waals surface area contributed by atoms with E-state index in [2.05, 4.69) is 10.2 Å². The van der Waals surface area contributed by atoms with Gasteiger partial charge in [0.2, 0.25) is 0 Å². The Morgan fingerprint density at radius 2 is 1.93 bits per heavy atom. The molecule has 1 aromatic heterocycles. The highest BCUT2D eigenvalue weighted by Crippen LogP contribution is 2.39. The van der Waals surface area contributed by atoms with E-state index in [-0.39, 0.29) is 33.7 Å². The van der Waals surface area contributed by atoms with E-state index in [1.165, 1.54) is 13.0 Å². The number of nitrogens with one attached hydrogen (secondary N) is 1. The van der Waals surface area contributed by atoms with Crippen LogP contribution in [0.3, 0.4) is 0 Å². The number of aromatic nitrogens is 2. The Balaban J connectivity index is 2.18. The molecule has 6 nitrogen and oxygen atoms in total. The van der Waals surface area contributed by atoms with Crippen molar-refractivity contribution in [1.82, 2.24) is 10.2 Å². The van der Waals surface area contributed by atoms with Crippen LogP contribution in [0.4, 0.5) is 17.6 Å². The first-order valence-electron chi connectivity index (χ1n) is 7.22. The lowest BCUT2D eigenvalue weighted by Crippen LogP contribution is -2.23. The van der Waals surface area contributed by atoms with Gasteiger partial charge in [-0.1, -0.05) is 0 Å². The normalized spacial score (nSPS) is 12.1. The van der Waals surface area contributed by atoms with Crippen molar-refractivity contribution in [3.05, 3.63) is 47.4 Å². The zero-order valence-corrected chi connectivity index (χ0v) is 14.2. The van der Waals surface area contributed by atoms with Gasteiger partial charge >= 0.3 is 5.51 Å². The van der Waals surface area contributed by atoms with Crippen molar-refractivity contribution < 1.29 is 30.7 Å². The minimum Gasteiger partial charge on any atom is -0.456 e. The lowest BCUT2D eigenvalue weighted by molar-refractivity contribution is -0.0435. The molecule has 0 atom stereocenters. The first-order chi connectivity index (χ1) is 12.5. The predicted molar refractivity (Wildman–Crippen MR) is 85.3 cm³/mol. The summed E-state index contributed by atoms with van der Waals surface area (Å²) in [6.07, 6.45) is 0. The molecule has 27 heavy (non-hydrogen) atoms. The molecule has 11 heteroatoms. The second-order valence-electron chi connectivity index (χ2n) is 5.46. The van der Waals surface area contributed by atoms with Crippen LogP contribution in [0.5, 0.6) is 11.5 Å². The zero-order chi connectivity index (χ0) is 20.0. The number of nitriles is 1.